The van der Waals surface area contributed by atoms with Crippen LogP contribution in [0.4, 0.5) is 18.9 Å². The Kier molecular flexibility index (Phi) is 3.33. The quantitative estimate of drug-likeness (QED) is 0.757. The van der Waals surface area contributed by atoms with E-state index < -0.39 is 17.8 Å². The minimum Gasteiger partial charge on any atom is -0.398 e. The molecule has 0 fully saturated rings. The zero-order chi connectivity index (χ0) is 12.3. The SMILES string of the molecule is NCc1cnc(OC(F)(F)F)c(C=O)c1N. The average molecular weight is 235 g/mol. The van der Waals surface area contributed by atoms with Crippen molar-refractivity contribution in [1.82, 2.24) is 4.98 Å². The van der Waals surface area contributed by atoms with E-state index in [1.165, 1.54) is 0 Å². The average Bonchev–Trinajstić information content (AvgIpc) is 2.16. The van der Waals surface area contributed by atoms with Crippen LogP contribution in [0, 0.1) is 0 Å². The van der Waals surface area contributed by atoms with Crippen LogP contribution in [0.25, 0.3) is 0 Å². The van der Waals surface area contributed by atoms with Gasteiger partial charge in [-0.25, -0.2) is 4.98 Å². The second-order valence-corrected chi connectivity index (χ2v) is 2.79. The molecule has 0 radical (unpaired) electrons. The van der Waals surface area contributed by atoms with Crippen molar-refractivity contribution < 1.29 is 22.7 Å². The highest BCUT2D eigenvalue weighted by Crippen LogP contribution is 2.28. The van der Waals surface area contributed by atoms with E-state index in [9.17, 15) is 18.0 Å². The maximum absolute atomic E-state index is 11.9. The van der Waals surface area contributed by atoms with Crippen LogP contribution in [0.5, 0.6) is 5.88 Å². The molecule has 16 heavy (non-hydrogen) atoms. The largest absolute Gasteiger partial charge is 0.574 e. The van der Waals surface area contributed by atoms with Gasteiger partial charge >= 0.3 is 6.36 Å². The Morgan fingerprint density at radius 2 is 2.12 bits per heavy atom. The first-order valence-electron chi connectivity index (χ1n) is 4.07. The highest BCUT2D eigenvalue weighted by molar-refractivity contribution is 5.87. The minimum absolute atomic E-state index is 0.0357. The lowest BCUT2D eigenvalue weighted by molar-refractivity contribution is -0.276. The van der Waals surface area contributed by atoms with Crippen LogP contribution in [-0.2, 0) is 6.54 Å². The van der Waals surface area contributed by atoms with Crippen molar-refractivity contribution in [3.05, 3.63) is 17.3 Å². The number of hydrogen-bond acceptors (Lipinski definition) is 5. The first kappa shape index (κ1) is 12.2. The number of carbonyl (C=O) groups excluding carboxylic acids is 1. The summed E-state index contributed by atoms with van der Waals surface area (Å²) in [5.41, 5.74) is 10.3. The monoisotopic (exact) mass is 235 g/mol. The molecular formula is C8H8F3N3O2. The minimum atomic E-state index is -4.93. The maximum atomic E-state index is 11.9. The van der Waals surface area contributed by atoms with Gasteiger partial charge in [0, 0.05) is 18.3 Å². The number of carbonyl (C=O) groups is 1. The van der Waals surface area contributed by atoms with E-state index in [2.05, 4.69) is 9.72 Å². The molecule has 4 N–H and O–H groups in total. The molecule has 0 aromatic carbocycles. The molecule has 8 heteroatoms. The van der Waals surface area contributed by atoms with Crippen molar-refractivity contribution in [2.45, 2.75) is 12.9 Å². The van der Waals surface area contributed by atoms with Crippen molar-refractivity contribution in [2.24, 2.45) is 5.73 Å². The topological polar surface area (TPSA) is 91.2 Å². The molecule has 0 spiro atoms. The van der Waals surface area contributed by atoms with Gasteiger partial charge in [0.1, 0.15) is 5.56 Å². The summed E-state index contributed by atoms with van der Waals surface area (Å²) in [5, 5.41) is 0. The molecular weight excluding hydrogens is 227 g/mol. The first-order valence-corrected chi connectivity index (χ1v) is 4.07. The number of alkyl halides is 3. The highest BCUT2D eigenvalue weighted by atomic mass is 19.4. The molecule has 88 valence electrons. The zero-order valence-corrected chi connectivity index (χ0v) is 7.91. The van der Waals surface area contributed by atoms with Gasteiger partial charge in [-0.15, -0.1) is 13.2 Å². The fourth-order valence-corrected chi connectivity index (χ4v) is 1.03. The molecule has 1 aromatic heterocycles. The lowest BCUT2D eigenvalue weighted by Gasteiger charge is -2.12. The van der Waals surface area contributed by atoms with Gasteiger partial charge in [-0.05, 0) is 0 Å². The fourth-order valence-electron chi connectivity index (χ4n) is 1.03. The van der Waals surface area contributed by atoms with Gasteiger partial charge in [-0.2, -0.15) is 0 Å². The third-order valence-corrected chi connectivity index (χ3v) is 1.75. The van der Waals surface area contributed by atoms with Crippen LogP contribution in [-0.4, -0.2) is 17.6 Å². The van der Waals surface area contributed by atoms with Crippen LogP contribution < -0.4 is 16.2 Å². The molecule has 0 aliphatic carbocycles. The second-order valence-electron chi connectivity index (χ2n) is 2.79. The molecule has 0 saturated heterocycles. The highest BCUT2D eigenvalue weighted by Gasteiger charge is 2.33. The molecule has 1 heterocycles. The molecule has 0 amide bonds. The Balaban J connectivity index is 3.21. The van der Waals surface area contributed by atoms with Crippen molar-refractivity contribution in [2.75, 3.05) is 5.73 Å². The third-order valence-electron chi connectivity index (χ3n) is 1.75. The van der Waals surface area contributed by atoms with Gasteiger partial charge in [0.2, 0.25) is 5.88 Å². The molecule has 0 saturated carbocycles. The van der Waals surface area contributed by atoms with E-state index in [1.807, 2.05) is 0 Å². The molecule has 0 aliphatic heterocycles. The lowest BCUT2D eigenvalue weighted by atomic mass is 10.1. The summed E-state index contributed by atoms with van der Waals surface area (Å²) in [6, 6.07) is 0. The van der Waals surface area contributed by atoms with Gasteiger partial charge in [0.25, 0.3) is 0 Å². The van der Waals surface area contributed by atoms with Gasteiger partial charge in [0.15, 0.2) is 6.29 Å². The summed E-state index contributed by atoms with van der Waals surface area (Å²) >= 11 is 0. The third kappa shape index (κ3) is 2.60. The predicted molar refractivity (Wildman–Crippen MR) is 48.6 cm³/mol. The molecule has 5 nitrogen and oxygen atoms in total. The Morgan fingerprint density at radius 3 is 2.56 bits per heavy atom. The number of nitrogens with zero attached hydrogens (tertiary/aromatic N) is 1. The Bertz CT molecular complexity index is 406. The van der Waals surface area contributed by atoms with Gasteiger partial charge in [0.05, 0.1) is 5.69 Å². The molecule has 1 aromatic rings. The number of aromatic nitrogens is 1. The van der Waals surface area contributed by atoms with Crippen molar-refractivity contribution in [3.63, 3.8) is 0 Å². The van der Waals surface area contributed by atoms with Gasteiger partial charge in [-0.3, -0.25) is 4.79 Å². The number of nitrogen functional groups attached to an aromatic ring is 1. The smallest absolute Gasteiger partial charge is 0.398 e. The number of anilines is 1. The number of ether oxygens (including phenoxy) is 1. The van der Waals surface area contributed by atoms with Crippen LogP contribution in [0.3, 0.4) is 0 Å². The summed E-state index contributed by atoms with van der Waals surface area (Å²) < 4.78 is 39.3. The van der Waals surface area contributed by atoms with Crippen LogP contribution in [0.2, 0.25) is 0 Å². The van der Waals surface area contributed by atoms with Crippen LogP contribution in [0.15, 0.2) is 6.20 Å². The number of hydrogen-bond donors (Lipinski definition) is 2. The van der Waals surface area contributed by atoms with Crippen LogP contribution in [0.1, 0.15) is 15.9 Å². The number of halogens is 3. The number of pyridine rings is 1. The molecule has 1 rings (SSSR count). The molecule has 0 atom stereocenters. The summed E-state index contributed by atoms with van der Waals surface area (Å²) in [6.07, 6.45) is -3.76. The fraction of sp³-hybridized carbons (Fsp3) is 0.250. The van der Waals surface area contributed by atoms with Gasteiger partial charge < -0.3 is 16.2 Å². The predicted octanol–water partition coefficient (Wildman–Crippen LogP) is 0.834. The van der Waals surface area contributed by atoms with E-state index in [-0.39, 0.29) is 24.1 Å². The van der Waals surface area contributed by atoms with E-state index in [0.717, 1.165) is 6.20 Å². The first-order chi connectivity index (χ1) is 7.39. The van der Waals surface area contributed by atoms with E-state index in [4.69, 9.17) is 11.5 Å². The number of nitrogens with two attached hydrogens (primary N) is 2. The summed E-state index contributed by atoms with van der Waals surface area (Å²) in [4.78, 5) is 13.9. The van der Waals surface area contributed by atoms with Crippen molar-refractivity contribution in [3.8, 4) is 5.88 Å². The summed E-state index contributed by atoms with van der Waals surface area (Å²) in [5.74, 6) is -0.878. The molecule has 0 unspecified atom stereocenters. The van der Waals surface area contributed by atoms with Crippen LogP contribution >= 0.6 is 0 Å². The standard InChI is InChI=1S/C8H8F3N3O2/c9-8(10,11)16-7-5(3-15)6(13)4(1-12)2-14-7/h2-3H,1,12H2,(H2,13,14). The maximum Gasteiger partial charge on any atom is 0.574 e. The zero-order valence-electron chi connectivity index (χ0n) is 7.91. The Hall–Kier alpha value is -1.83. The molecule has 0 bridgehead atoms. The lowest BCUT2D eigenvalue weighted by Crippen LogP contribution is -2.20. The van der Waals surface area contributed by atoms with Crippen molar-refractivity contribution in [1.29, 1.82) is 0 Å². The number of rotatable bonds is 3. The van der Waals surface area contributed by atoms with Gasteiger partial charge in [-0.1, -0.05) is 0 Å². The van der Waals surface area contributed by atoms with E-state index in [1.54, 1.807) is 0 Å². The van der Waals surface area contributed by atoms with E-state index >= 15 is 0 Å². The van der Waals surface area contributed by atoms with Crippen molar-refractivity contribution >= 4 is 12.0 Å². The Morgan fingerprint density at radius 1 is 1.50 bits per heavy atom. The Labute approximate surface area is 88.2 Å². The number of aldehydes is 1. The normalized spacial score (nSPS) is 11.2. The van der Waals surface area contributed by atoms with E-state index in [0.29, 0.717) is 0 Å². The second kappa shape index (κ2) is 4.35. The summed E-state index contributed by atoms with van der Waals surface area (Å²) in [7, 11) is 0. The molecule has 0 aliphatic rings. The summed E-state index contributed by atoms with van der Waals surface area (Å²) in [6.45, 7) is -0.0357.